The van der Waals surface area contributed by atoms with Crippen LogP contribution in [0, 0.1) is 5.92 Å². The number of methoxy groups -OCH3 is 1. The van der Waals surface area contributed by atoms with Crippen LogP contribution in [0.25, 0.3) is 0 Å². The van der Waals surface area contributed by atoms with Crippen molar-refractivity contribution in [2.45, 2.75) is 23.3 Å². The number of rotatable bonds is 8. The molecule has 0 unspecified atom stereocenters. The molecule has 8 nitrogen and oxygen atoms in total. The minimum atomic E-state index is -2.97. The number of aromatic nitrogens is 2. The largest absolute Gasteiger partial charge is 0.497 e. The van der Waals surface area contributed by atoms with Crippen LogP contribution in [-0.2, 0) is 21.1 Å². The minimum Gasteiger partial charge on any atom is -0.497 e. The highest BCUT2D eigenvalue weighted by Crippen LogP contribution is 2.36. The molecule has 168 valence electrons. The summed E-state index contributed by atoms with van der Waals surface area (Å²) in [5.74, 6) is 1.12. The van der Waals surface area contributed by atoms with Crippen molar-refractivity contribution in [2.75, 3.05) is 23.9 Å². The third-order valence-corrected chi connectivity index (χ3v) is 8.06. The topological polar surface area (TPSA) is 111 Å². The zero-order chi connectivity index (χ0) is 22.6. The van der Waals surface area contributed by atoms with Gasteiger partial charge in [0.25, 0.3) is 5.22 Å². The maximum Gasteiger partial charge on any atom is 0.277 e. The molecule has 2 atom stereocenters. The van der Waals surface area contributed by atoms with Gasteiger partial charge in [-0.2, -0.15) is 0 Å². The molecular weight excluding hydrogens is 450 g/mol. The zero-order valence-corrected chi connectivity index (χ0v) is 19.1. The normalized spacial score (nSPS) is 18.2. The van der Waals surface area contributed by atoms with Crippen LogP contribution >= 0.6 is 11.8 Å². The summed E-state index contributed by atoms with van der Waals surface area (Å²) >= 11 is 1.16. The van der Waals surface area contributed by atoms with E-state index in [1.54, 1.807) is 31.4 Å². The van der Waals surface area contributed by atoms with Crippen molar-refractivity contribution < 1.29 is 22.4 Å². The predicted octanol–water partition coefficient (Wildman–Crippen LogP) is 3.53. The Bertz CT molecular complexity index is 1180. The molecule has 1 fully saturated rings. The molecule has 0 bridgehead atoms. The Balaban J connectivity index is 1.49. The summed E-state index contributed by atoms with van der Waals surface area (Å²) in [5, 5.41) is 10.7. The SMILES string of the molecule is COc1cccc(NC(=O)[C@H](Sc2nnc(C[C@H]3CCS(=O)(=O)C3)o2)c2ccccc2)c1. The Kier molecular flexibility index (Phi) is 6.80. The number of ether oxygens (including phenoxy) is 1. The quantitative estimate of drug-likeness (QED) is 0.495. The Morgan fingerprint density at radius 2 is 2.03 bits per heavy atom. The number of thioether (sulfide) groups is 1. The molecule has 32 heavy (non-hydrogen) atoms. The van der Waals surface area contributed by atoms with Gasteiger partial charge in [0.2, 0.25) is 11.8 Å². The first-order chi connectivity index (χ1) is 15.4. The molecule has 2 aromatic carbocycles. The van der Waals surface area contributed by atoms with E-state index in [-0.39, 0.29) is 28.6 Å². The fraction of sp³-hybridized carbons (Fsp3) is 0.318. The van der Waals surface area contributed by atoms with Crippen LogP contribution in [0.5, 0.6) is 5.75 Å². The third-order valence-electron chi connectivity index (χ3n) is 5.13. The number of nitrogens with one attached hydrogen (secondary N) is 1. The standard InChI is InChI=1S/C22H23N3O5S2/c1-29-18-9-5-8-17(13-18)23-21(26)20(16-6-3-2-4-7-16)31-22-25-24-19(30-22)12-15-10-11-32(27,28)14-15/h2-9,13,15,20H,10-12,14H2,1H3,(H,23,26)/t15-,20-/m1/s1. The van der Waals surface area contributed by atoms with Crippen molar-refractivity contribution in [2.24, 2.45) is 5.92 Å². The van der Waals surface area contributed by atoms with Crippen molar-refractivity contribution >= 4 is 33.2 Å². The molecule has 1 N–H and O–H groups in total. The van der Waals surface area contributed by atoms with Crippen molar-refractivity contribution in [3.63, 3.8) is 0 Å². The summed E-state index contributed by atoms with van der Waals surface area (Å²) in [6, 6.07) is 16.5. The Labute approximate surface area is 190 Å². The highest BCUT2D eigenvalue weighted by atomic mass is 32.2. The molecule has 0 saturated carbocycles. The van der Waals surface area contributed by atoms with Crippen LogP contribution in [0.3, 0.4) is 0 Å². The van der Waals surface area contributed by atoms with Gasteiger partial charge in [-0.15, -0.1) is 10.2 Å². The van der Waals surface area contributed by atoms with E-state index in [2.05, 4.69) is 15.5 Å². The predicted molar refractivity (Wildman–Crippen MR) is 121 cm³/mol. The maximum absolute atomic E-state index is 13.1. The van der Waals surface area contributed by atoms with Crippen molar-refractivity contribution in [3.05, 3.63) is 66.1 Å². The van der Waals surface area contributed by atoms with Gasteiger partial charge in [-0.1, -0.05) is 36.4 Å². The van der Waals surface area contributed by atoms with Crippen LogP contribution in [0.4, 0.5) is 5.69 Å². The van der Waals surface area contributed by atoms with Crippen molar-refractivity contribution in [1.82, 2.24) is 10.2 Å². The summed E-state index contributed by atoms with van der Waals surface area (Å²) in [6.07, 6.45) is 1.02. The lowest BCUT2D eigenvalue weighted by atomic mass is 10.1. The first-order valence-corrected chi connectivity index (χ1v) is 12.8. The molecule has 1 aliphatic rings. The summed E-state index contributed by atoms with van der Waals surface area (Å²) in [4.78, 5) is 13.1. The lowest BCUT2D eigenvalue weighted by Gasteiger charge is -2.15. The number of sulfone groups is 1. The number of benzene rings is 2. The van der Waals surface area contributed by atoms with Crippen LogP contribution in [0.1, 0.15) is 23.1 Å². The highest BCUT2D eigenvalue weighted by Gasteiger charge is 2.30. The molecule has 1 saturated heterocycles. The van der Waals surface area contributed by atoms with Gasteiger partial charge in [-0.05, 0) is 41.8 Å². The molecule has 0 spiro atoms. The summed E-state index contributed by atoms with van der Waals surface area (Å²) in [7, 11) is -1.40. The van der Waals surface area contributed by atoms with Gasteiger partial charge in [0, 0.05) is 18.2 Å². The van der Waals surface area contributed by atoms with Crippen LogP contribution in [0.15, 0.2) is 64.2 Å². The molecule has 1 amide bonds. The van der Waals surface area contributed by atoms with E-state index in [4.69, 9.17) is 9.15 Å². The van der Waals surface area contributed by atoms with Gasteiger partial charge < -0.3 is 14.5 Å². The number of nitrogens with zero attached hydrogens (tertiary/aromatic N) is 2. The van der Waals surface area contributed by atoms with Gasteiger partial charge >= 0.3 is 0 Å². The van der Waals surface area contributed by atoms with Crippen molar-refractivity contribution in [3.8, 4) is 5.75 Å². The molecule has 0 aliphatic carbocycles. The molecule has 2 heterocycles. The molecule has 1 aliphatic heterocycles. The number of anilines is 1. The molecule has 1 aromatic heterocycles. The lowest BCUT2D eigenvalue weighted by molar-refractivity contribution is -0.115. The second-order valence-corrected chi connectivity index (χ2v) is 10.8. The third kappa shape index (κ3) is 5.68. The number of amides is 1. The Hall–Kier alpha value is -2.85. The fourth-order valence-electron chi connectivity index (χ4n) is 3.56. The van der Waals surface area contributed by atoms with Gasteiger partial charge in [0.15, 0.2) is 9.84 Å². The van der Waals surface area contributed by atoms with E-state index in [0.29, 0.717) is 30.2 Å². The number of hydrogen-bond donors (Lipinski definition) is 1. The first-order valence-electron chi connectivity index (χ1n) is 10.1. The molecule has 4 rings (SSSR count). The summed E-state index contributed by atoms with van der Waals surface area (Å²) in [6.45, 7) is 0. The van der Waals surface area contributed by atoms with Crippen LogP contribution in [-0.4, -0.2) is 43.1 Å². The number of carbonyl (C=O) groups excluding carboxylic acids is 1. The van der Waals surface area contributed by atoms with Crippen molar-refractivity contribution in [1.29, 1.82) is 0 Å². The molecule has 10 heteroatoms. The van der Waals surface area contributed by atoms with Gasteiger partial charge in [0.1, 0.15) is 11.0 Å². The van der Waals surface area contributed by atoms with E-state index in [1.807, 2.05) is 30.3 Å². The highest BCUT2D eigenvalue weighted by molar-refractivity contribution is 8.00. The Morgan fingerprint density at radius 3 is 2.75 bits per heavy atom. The van der Waals surface area contributed by atoms with E-state index in [9.17, 15) is 13.2 Å². The van der Waals surface area contributed by atoms with Crippen LogP contribution in [0.2, 0.25) is 0 Å². The summed E-state index contributed by atoms with van der Waals surface area (Å²) in [5.41, 5.74) is 1.41. The molecule has 0 radical (unpaired) electrons. The molecular formula is C22H23N3O5S2. The van der Waals surface area contributed by atoms with E-state index in [0.717, 1.165) is 17.3 Å². The second-order valence-electron chi connectivity index (χ2n) is 7.56. The minimum absolute atomic E-state index is 0.0143. The van der Waals surface area contributed by atoms with Gasteiger partial charge in [-0.3, -0.25) is 4.79 Å². The lowest BCUT2D eigenvalue weighted by Crippen LogP contribution is -2.19. The maximum atomic E-state index is 13.1. The average Bonchev–Trinajstić information content (AvgIpc) is 3.37. The molecule has 3 aromatic rings. The van der Waals surface area contributed by atoms with E-state index in [1.165, 1.54) is 0 Å². The summed E-state index contributed by atoms with van der Waals surface area (Å²) < 4.78 is 34.3. The number of hydrogen-bond acceptors (Lipinski definition) is 8. The monoisotopic (exact) mass is 473 g/mol. The first kappa shape index (κ1) is 22.3. The number of carbonyl (C=O) groups is 1. The average molecular weight is 474 g/mol. The Morgan fingerprint density at radius 1 is 1.22 bits per heavy atom. The van der Waals surface area contributed by atoms with E-state index < -0.39 is 15.1 Å². The second kappa shape index (κ2) is 9.74. The van der Waals surface area contributed by atoms with E-state index >= 15 is 0 Å². The van der Waals surface area contributed by atoms with Gasteiger partial charge in [-0.25, -0.2) is 8.42 Å². The zero-order valence-electron chi connectivity index (χ0n) is 17.4. The van der Waals surface area contributed by atoms with Crippen LogP contribution < -0.4 is 10.1 Å². The fourth-order valence-corrected chi connectivity index (χ4v) is 6.31. The smallest absolute Gasteiger partial charge is 0.277 e. The van der Waals surface area contributed by atoms with Gasteiger partial charge in [0.05, 0.1) is 18.6 Å².